The molecule has 9 heteroatoms. The Hall–Kier alpha value is -2.55. The van der Waals surface area contributed by atoms with E-state index >= 15 is 0 Å². The molecule has 1 aliphatic heterocycles. The van der Waals surface area contributed by atoms with Crippen molar-refractivity contribution in [3.8, 4) is 16.9 Å². The van der Waals surface area contributed by atoms with Crippen molar-refractivity contribution in [2.75, 3.05) is 32.7 Å². The molecule has 0 radical (unpaired) electrons. The number of nitrogens with zero attached hydrogens (tertiary/aromatic N) is 2. The molecular weight excluding hydrogens is 445 g/mol. The van der Waals surface area contributed by atoms with Gasteiger partial charge in [-0.05, 0) is 36.4 Å². The van der Waals surface area contributed by atoms with Crippen molar-refractivity contribution in [1.29, 1.82) is 0 Å². The van der Waals surface area contributed by atoms with E-state index < -0.39 is 22.9 Å². The Labute approximate surface area is 187 Å². The van der Waals surface area contributed by atoms with Crippen molar-refractivity contribution in [3.63, 3.8) is 0 Å². The first-order chi connectivity index (χ1) is 15.2. The van der Waals surface area contributed by atoms with Gasteiger partial charge >= 0.3 is 6.18 Å². The molecule has 3 aromatic rings. The van der Waals surface area contributed by atoms with Gasteiger partial charge in [0.2, 0.25) is 11.2 Å². The van der Waals surface area contributed by atoms with Gasteiger partial charge in [-0.25, -0.2) is 0 Å². The Kier molecular flexibility index (Phi) is 6.20. The Morgan fingerprint density at radius 2 is 1.66 bits per heavy atom. The predicted octanol–water partition coefficient (Wildman–Crippen LogP) is 4.98. The second kappa shape index (κ2) is 8.77. The van der Waals surface area contributed by atoms with Crippen molar-refractivity contribution in [1.82, 2.24) is 9.80 Å². The molecule has 4 rings (SSSR count). The molecule has 0 atom stereocenters. The summed E-state index contributed by atoms with van der Waals surface area (Å²) < 4.78 is 47.2. The molecule has 1 fully saturated rings. The first kappa shape index (κ1) is 22.6. The molecule has 5 nitrogen and oxygen atoms in total. The lowest BCUT2D eigenvalue weighted by Crippen LogP contribution is -2.45. The number of rotatable bonds is 4. The van der Waals surface area contributed by atoms with E-state index in [1.54, 1.807) is 0 Å². The van der Waals surface area contributed by atoms with Gasteiger partial charge < -0.3 is 14.4 Å². The number of alkyl halides is 3. The normalized spacial score (nSPS) is 16.0. The minimum absolute atomic E-state index is 0.0112. The highest BCUT2D eigenvalue weighted by Crippen LogP contribution is 2.39. The third-order valence-corrected chi connectivity index (χ3v) is 6.07. The van der Waals surface area contributed by atoms with E-state index in [-0.39, 0.29) is 34.4 Å². The number of hydrogen-bond donors (Lipinski definition) is 1. The van der Waals surface area contributed by atoms with E-state index in [9.17, 15) is 23.1 Å². The Bertz CT molecular complexity index is 1180. The summed E-state index contributed by atoms with van der Waals surface area (Å²) in [5.74, 6) is -1.59. The molecule has 1 aromatic heterocycles. The van der Waals surface area contributed by atoms with Crippen LogP contribution >= 0.6 is 11.6 Å². The molecule has 0 bridgehead atoms. The van der Waals surface area contributed by atoms with Crippen molar-refractivity contribution in [2.45, 2.75) is 19.6 Å². The molecule has 0 saturated carbocycles. The number of piperazine rings is 1. The zero-order valence-electron chi connectivity index (χ0n) is 17.4. The molecule has 32 heavy (non-hydrogen) atoms. The van der Waals surface area contributed by atoms with E-state index in [2.05, 4.69) is 11.8 Å². The summed E-state index contributed by atoms with van der Waals surface area (Å²) in [7, 11) is 0. The van der Waals surface area contributed by atoms with Crippen LogP contribution in [0.4, 0.5) is 13.2 Å². The second-order valence-corrected chi connectivity index (χ2v) is 8.23. The molecule has 170 valence electrons. The first-order valence-electron chi connectivity index (χ1n) is 10.3. The fourth-order valence-corrected chi connectivity index (χ4v) is 4.15. The van der Waals surface area contributed by atoms with E-state index in [1.807, 2.05) is 4.90 Å². The Morgan fingerprint density at radius 3 is 2.25 bits per heavy atom. The van der Waals surface area contributed by atoms with Gasteiger partial charge in [-0.15, -0.1) is 0 Å². The predicted molar refractivity (Wildman–Crippen MR) is 117 cm³/mol. The third kappa shape index (κ3) is 4.35. The maximum atomic E-state index is 14.0. The van der Waals surface area contributed by atoms with Crippen molar-refractivity contribution in [3.05, 3.63) is 63.0 Å². The van der Waals surface area contributed by atoms with Crippen LogP contribution in [0.3, 0.4) is 0 Å². The van der Waals surface area contributed by atoms with Crippen LogP contribution in [0.25, 0.3) is 22.1 Å². The molecule has 0 amide bonds. The van der Waals surface area contributed by atoms with Crippen LogP contribution in [0.2, 0.25) is 5.02 Å². The molecule has 1 N–H and O–H groups in total. The zero-order chi connectivity index (χ0) is 23.0. The minimum atomic E-state index is -4.90. The van der Waals surface area contributed by atoms with E-state index in [1.165, 1.54) is 36.4 Å². The van der Waals surface area contributed by atoms with Gasteiger partial charge in [-0.3, -0.25) is 9.69 Å². The van der Waals surface area contributed by atoms with Crippen LogP contribution in [-0.4, -0.2) is 47.6 Å². The number of phenols is 1. The van der Waals surface area contributed by atoms with Crippen LogP contribution in [0.1, 0.15) is 18.2 Å². The summed E-state index contributed by atoms with van der Waals surface area (Å²) in [6.45, 7) is 6.20. The summed E-state index contributed by atoms with van der Waals surface area (Å²) in [5.41, 5.74) is -1.38. The lowest BCUT2D eigenvalue weighted by Gasteiger charge is -2.34. The largest absolute Gasteiger partial charge is 0.507 e. The number of hydrogen-bond acceptors (Lipinski definition) is 5. The topological polar surface area (TPSA) is 56.9 Å². The van der Waals surface area contributed by atoms with Gasteiger partial charge in [-0.2, -0.15) is 13.2 Å². The molecule has 2 aromatic carbocycles. The summed E-state index contributed by atoms with van der Waals surface area (Å²) in [6, 6.07) is 8.16. The quantitative estimate of drug-likeness (QED) is 0.588. The molecular formula is C23H22ClF3N2O3. The maximum Gasteiger partial charge on any atom is 0.450 e. The van der Waals surface area contributed by atoms with Gasteiger partial charge in [-0.1, -0.05) is 30.7 Å². The van der Waals surface area contributed by atoms with Crippen molar-refractivity contribution < 1.29 is 22.7 Å². The minimum Gasteiger partial charge on any atom is -0.507 e. The van der Waals surface area contributed by atoms with Crippen LogP contribution in [0.15, 0.2) is 45.6 Å². The van der Waals surface area contributed by atoms with Crippen molar-refractivity contribution >= 4 is 22.6 Å². The highest BCUT2D eigenvalue weighted by atomic mass is 35.5. The smallest absolute Gasteiger partial charge is 0.450 e. The van der Waals surface area contributed by atoms with Gasteiger partial charge in [0.1, 0.15) is 11.3 Å². The Balaban J connectivity index is 1.87. The standard InChI is InChI=1S/C23H22ClF3N2O3/c1-2-28-9-11-29(12-10-28)13-17-18(30)8-7-16-20(31)19(14-3-5-15(24)6-4-14)22(23(25,26)27)32-21(16)17/h3-8,30H,2,9-13H2,1H3. The van der Waals surface area contributed by atoms with Crippen molar-refractivity contribution in [2.24, 2.45) is 0 Å². The molecule has 2 heterocycles. The van der Waals surface area contributed by atoms with Gasteiger partial charge in [0, 0.05) is 37.7 Å². The summed E-state index contributed by atoms with van der Waals surface area (Å²) >= 11 is 5.85. The molecule has 1 saturated heterocycles. The average molecular weight is 467 g/mol. The number of likely N-dealkylation sites (N-methyl/N-ethyl adjacent to an activating group) is 1. The lowest BCUT2D eigenvalue weighted by atomic mass is 10.00. The summed E-state index contributed by atoms with van der Waals surface area (Å²) in [4.78, 5) is 17.5. The van der Waals surface area contributed by atoms with E-state index in [4.69, 9.17) is 16.0 Å². The maximum absolute atomic E-state index is 14.0. The van der Waals surface area contributed by atoms with Crippen LogP contribution in [0, 0.1) is 0 Å². The van der Waals surface area contributed by atoms with E-state index in [0.717, 1.165) is 19.6 Å². The first-order valence-corrected chi connectivity index (χ1v) is 10.7. The number of benzene rings is 2. The fraction of sp³-hybridized carbons (Fsp3) is 0.348. The fourth-order valence-electron chi connectivity index (χ4n) is 4.02. The molecule has 0 spiro atoms. The molecule has 0 aliphatic carbocycles. The monoisotopic (exact) mass is 466 g/mol. The van der Waals surface area contributed by atoms with Gasteiger partial charge in [0.15, 0.2) is 0 Å². The zero-order valence-corrected chi connectivity index (χ0v) is 18.1. The summed E-state index contributed by atoms with van der Waals surface area (Å²) in [5, 5.41) is 10.8. The van der Waals surface area contributed by atoms with Crippen LogP contribution < -0.4 is 5.43 Å². The number of aromatic hydroxyl groups is 1. The molecule has 0 unspecified atom stereocenters. The van der Waals surface area contributed by atoms with Crippen LogP contribution in [-0.2, 0) is 12.7 Å². The van der Waals surface area contributed by atoms with E-state index in [0.29, 0.717) is 18.1 Å². The van der Waals surface area contributed by atoms with Gasteiger partial charge in [0.05, 0.1) is 16.5 Å². The van der Waals surface area contributed by atoms with Crippen LogP contribution in [0.5, 0.6) is 5.75 Å². The average Bonchev–Trinajstić information content (AvgIpc) is 2.76. The SMILES string of the molecule is CCN1CCN(Cc2c(O)ccc3c(=O)c(-c4ccc(Cl)cc4)c(C(F)(F)F)oc23)CC1. The number of halogens is 4. The molecule has 1 aliphatic rings. The lowest BCUT2D eigenvalue weighted by molar-refractivity contribution is -0.152. The Morgan fingerprint density at radius 1 is 1.03 bits per heavy atom. The highest BCUT2D eigenvalue weighted by molar-refractivity contribution is 6.30. The highest BCUT2D eigenvalue weighted by Gasteiger charge is 2.40. The van der Waals surface area contributed by atoms with Gasteiger partial charge in [0.25, 0.3) is 0 Å². The third-order valence-electron chi connectivity index (χ3n) is 5.82. The second-order valence-electron chi connectivity index (χ2n) is 7.79. The number of phenolic OH excluding ortho intramolecular Hbond substituents is 1. The number of fused-ring (bicyclic) bond motifs is 1. The summed E-state index contributed by atoms with van der Waals surface area (Å²) in [6.07, 6.45) is -4.90.